The second-order valence-electron chi connectivity index (χ2n) is 29.2. The molecule has 4 aliphatic heterocycles. The number of carbonyl (C=O) groups is 8. The molecule has 0 atom stereocenters. The maximum absolute atomic E-state index is 16.3. The first kappa shape index (κ1) is 60.8. The minimum absolute atomic E-state index is 0.157. The smallest absolute Gasteiger partial charge is 0.266 e. The fraction of sp³-hybridized carbons (Fsp3) is 0.136. The minimum Gasteiger partial charge on any atom is -0.268 e. The number of fused-ring (bicyclic) bond motifs is 6. The third kappa shape index (κ3) is 7.59. The van der Waals surface area contributed by atoms with Gasteiger partial charge in [0.1, 0.15) is 0 Å². The largest absolute Gasteiger partial charge is 0.268 e. The summed E-state index contributed by atoms with van der Waals surface area (Å²) in [7, 11) is 0. The molecule has 498 valence electrons. The summed E-state index contributed by atoms with van der Waals surface area (Å²) < 4.78 is 0. The van der Waals surface area contributed by atoms with Crippen molar-refractivity contribution in [1.82, 2.24) is 19.9 Å². The number of anilines is 4. The average Bonchev–Trinajstić information content (AvgIpc) is 0.686. The molecule has 8 amide bonds. The van der Waals surface area contributed by atoms with E-state index < -0.39 is 47.3 Å². The summed E-state index contributed by atoms with van der Waals surface area (Å²) in [4.78, 5) is 152. The molecule has 0 fully saturated rings. The Kier molecular flexibility index (Phi) is 11.9. The van der Waals surface area contributed by atoms with Crippen LogP contribution in [0.4, 0.5) is 22.7 Å². The molecule has 16 heteroatoms. The third-order valence-electron chi connectivity index (χ3n) is 22.4. The van der Waals surface area contributed by atoms with E-state index in [1.54, 1.807) is 66.7 Å². The molecule has 0 spiro atoms. The van der Waals surface area contributed by atoms with Crippen LogP contribution in [0.15, 0.2) is 133 Å². The zero-order valence-corrected chi connectivity index (χ0v) is 58.5. The van der Waals surface area contributed by atoms with Crippen molar-refractivity contribution in [3.05, 3.63) is 245 Å². The van der Waals surface area contributed by atoms with E-state index >= 15 is 38.4 Å². The number of hydrogen-bond acceptors (Lipinski definition) is 12. The maximum Gasteiger partial charge on any atom is 0.266 e. The van der Waals surface area contributed by atoms with Crippen LogP contribution in [0.1, 0.15) is 150 Å². The minimum atomic E-state index is -0.608. The average molecular weight is 1360 g/mol. The topological polar surface area (TPSA) is 201 Å². The molecule has 4 aliphatic rings. The number of pyridine rings is 4. The second kappa shape index (κ2) is 20.3. The van der Waals surface area contributed by atoms with Crippen LogP contribution >= 0.6 is 0 Å². The van der Waals surface area contributed by atoms with Gasteiger partial charge in [-0.05, 0) is 200 Å². The van der Waals surface area contributed by atoms with Gasteiger partial charge in [-0.25, -0.2) is 39.5 Å². The number of aryl methyl sites for hydroxylation is 12. The van der Waals surface area contributed by atoms with E-state index in [4.69, 9.17) is 19.9 Å². The van der Waals surface area contributed by atoms with Gasteiger partial charge in [0, 0.05) is 115 Å². The van der Waals surface area contributed by atoms with Gasteiger partial charge in [-0.15, -0.1) is 0 Å². The quantitative estimate of drug-likeness (QED) is 0.0898. The third-order valence-corrected chi connectivity index (χ3v) is 22.4. The SMILES string of the molecule is Cc1cc(C)c(N2C(=O)c3ccc4nc5c6ccc7c8c(cc(-c9cc%10c%11c(ccc%12nc%13c%14ccc%15c%16c(ccc(nc%13c9c%12%11)c%16%14)C(=O)N(c9c(C)cc(C)cc9C)C%15=O)C(=O)N(c9c(C)cc(C)cc9C)C%10=O)c(nc5c5ccc(c3c45)C2=O)c86)C(=O)N(c2c(C)cc(C)cc2C)C7=O)c(C)c1. The Labute approximate surface area is 592 Å². The van der Waals surface area contributed by atoms with E-state index in [-0.39, 0.29) is 22.3 Å². The fourth-order valence-corrected chi connectivity index (χ4v) is 18.8. The van der Waals surface area contributed by atoms with E-state index in [0.717, 1.165) is 44.5 Å². The number of hydrogen-bond donors (Lipinski definition) is 0. The summed E-state index contributed by atoms with van der Waals surface area (Å²) in [5.74, 6) is -4.24. The molecule has 12 aromatic carbocycles. The van der Waals surface area contributed by atoms with Gasteiger partial charge in [0.15, 0.2) is 0 Å². The van der Waals surface area contributed by atoms with Gasteiger partial charge in [0.05, 0.1) is 66.9 Å². The predicted molar refractivity (Wildman–Crippen MR) is 408 cm³/mol. The molecule has 0 bridgehead atoms. The molecule has 4 aromatic heterocycles. The number of imide groups is 4. The summed E-state index contributed by atoms with van der Waals surface area (Å²) in [6.07, 6.45) is 0. The van der Waals surface area contributed by atoms with Crippen LogP contribution in [0, 0.1) is 83.1 Å². The molecule has 20 rings (SSSR count). The summed E-state index contributed by atoms with van der Waals surface area (Å²) in [6, 6.07) is 40.3. The molecule has 16 aromatic rings. The number of amides is 8. The lowest BCUT2D eigenvalue weighted by atomic mass is 9.82. The van der Waals surface area contributed by atoms with Crippen molar-refractivity contribution in [2.75, 3.05) is 19.6 Å². The second-order valence-corrected chi connectivity index (χ2v) is 29.2. The van der Waals surface area contributed by atoms with Crippen molar-refractivity contribution in [3.63, 3.8) is 0 Å². The first-order valence-electron chi connectivity index (χ1n) is 34.6. The van der Waals surface area contributed by atoms with E-state index in [2.05, 4.69) is 0 Å². The van der Waals surface area contributed by atoms with Gasteiger partial charge in [0.25, 0.3) is 47.3 Å². The van der Waals surface area contributed by atoms with Gasteiger partial charge >= 0.3 is 0 Å². The first-order chi connectivity index (χ1) is 49.9. The standard InChI is InChI=1S/C88H58N8O8/c1-35-25-39(5)77(40(6)26-35)93-81(97)50-16-13-47-67-60(22-19-53(63(50)67)84(93)100)89-73-49-15-18-52-65-59(88(104)95(83(52)99)79-43(9)29-37(3)30-44(79)10)34-57(72(69(49)65)92-74(47)73)56-33-58-66-55(86(102)96(87(58)103)80-45(11)31-38(4)32-46(80)12)21-24-62-71(66)70(56)76-75(90-62)48-14-17-51-64-54(20-23-61(91-76)68(48)64)85(101)94(82(51)98)78-41(7)27-36(2)28-42(78)8/h13-34H,1-12H3. The van der Waals surface area contributed by atoms with Crippen LogP contribution in [0.5, 0.6) is 0 Å². The van der Waals surface area contributed by atoms with E-state index in [0.29, 0.717) is 187 Å². The molecule has 0 N–H and O–H groups in total. The lowest BCUT2D eigenvalue weighted by molar-refractivity contribution is 0.0877. The number of carbonyl (C=O) groups excluding carboxylic acids is 8. The Morgan fingerprint density at radius 2 is 0.452 bits per heavy atom. The molecule has 0 saturated heterocycles. The monoisotopic (exact) mass is 1350 g/mol. The summed E-state index contributed by atoms with van der Waals surface area (Å²) in [5.41, 5.74) is 17.6. The Morgan fingerprint density at radius 3 is 0.798 bits per heavy atom. The molecular weight excluding hydrogens is 1300 g/mol. The number of rotatable bonds is 5. The van der Waals surface area contributed by atoms with Crippen LogP contribution in [-0.4, -0.2) is 67.2 Å². The molecule has 8 heterocycles. The number of nitrogens with zero attached hydrogens (tertiary/aromatic N) is 8. The van der Waals surface area contributed by atoms with Crippen molar-refractivity contribution in [1.29, 1.82) is 0 Å². The van der Waals surface area contributed by atoms with Gasteiger partial charge in [-0.1, -0.05) is 89.0 Å². The van der Waals surface area contributed by atoms with Crippen molar-refractivity contribution >= 4 is 179 Å². The van der Waals surface area contributed by atoms with Crippen LogP contribution in [-0.2, 0) is 0 Å². The lowest BCUT2D eigenvalue weighted by Gasteiger charge is -2.32. The molecule has 104 heavy (non-hydrogen) atoms. The summed E-state index contributed by atoms with van der Waals surface area (Å²) in [5, 5.41) is 5.57. The van der Waals surface area contributed by atoms with Gasteiger partial charge < -0.3 is 0 Å². The van der Waals surface area contributed by atoms with Crippen molar-refractivity contribution in [2.24, 2.45) is 0 Å². The Balaban J connectivity index is 0.927. The van der Waals surface area contributed by atoms with E-state index in [1.165, 1.54) is 19.6 Å². The summed E-state index contributed by atoms with van der Waals surface area (Å²) >= 11 is 0. The highest BCUT2D eigenvalue weighted by Gasteiger charge is 2.44. The highest BCUT2D eigenvalue weighted by Crippen LogP contribution is 2.53. The van der Waals surface area contributed by atoms with Crippen molar-refractivity contribution in [3.8, 4) is 11.1 Å². The van der Waals surface area contributed by atoms with Crippen molar-refractivity contribution in [2.45, 2.75) is 83.1 Å². The zero-order valence-electron chi connectivity index (χ0n) is 58.5. The highest BCUT2D eigenvalue weighted by atomic mass is 16.2. The van der Waals surface area contributed by atoms with E-state index in [1.807, 2.05) is 150 Å². The Bertz CT molecular complexity index is 6950. The summed E-state index contributed by atoms with van der Waals surface area (Å²) in [6.45, 7) is 23.0. The van der Waals surface area contributed by atoms with Crippen molar-refractivity contribution < 1.29 is 38.4 Å². The Hall–Kier alpha value is -13.1. The van der Waals surface area contributed by atoms with Crippen LogP contribution in [0.3, 0.4) is 0 Å². The van der Waals surface area contributed by atoms with Gasteiger partial charge in [0.2, 0.25) is 0 Å². The first-order valence-corrected chi connectivity index (χ1v) is 34.6. The molecule has 0 unspecified atom stereocenters. The fourth-order valence-electron chi connectivity index (χ4n) is 18.8. The number of benzene rings is 12. The molecule has 16 nitrogen and oxygen atoms in total. The Morgan fingerprint density at radius 1 is 0.202 bits per heavy atom. The van der Waals surface area contributed by atoms with Crippen LogP contribution in [0.25, 0.3) is 120 Å². The predicted octanol–water partition coefficient (Wildman–Crippen LogP) is 18.2. The molecular formula is C88H58N8O8. The van der Waals surface area contributed by atoms with Crippen LogP contribution in [0.2, 0.25) is 0 Å². The van der Waals surface area contributed by atoms with E-state index in [9.17, 15) is 0 Å². The van der Waals surface area contributed by atoms with Gasteiger partial charge in [-0.3, -0.25) is 38.4 Å². The lowest BCUT2D eigenvalue weighted by Crippen LogP contribution is -2.41. The molecule has 0 saturated carbocycles. The zero-order chi connectivity index (χ0) is 71.9. The maximum atomic E-state index is 16.3. The normalized spacial score (nSPS) is 14.6. The van der Waals surface area contributed by atoms with Gasteiger partial charge in [-0.2, -0.15) is 0 Å². The molecule has 0 radical (unpaired) electrons. The number of aromatic nitrogens is 4. The molecule has 0 aliphatic carbocycles. The highest BCUT2D eigenvalue weighted by molar-refractivity contribution is 6.46. The van der Waals surface area contributed by atoms with Crippen LogP contribution < -0.4 is 19.6 Å².